The first-order chi connectivity index (χ1) is 34.6. The molecule has 0 aliphatic carbocycles. The second-order valence-electron chi connectivity index (χ2n) is 20.0. The number of aliphatic imine (C=N–C) groups is 1. The number of aromatic nitrogens is 4. The minimum Gasteiger partial charge on any atom is -0.489 e. The summed E-state index contributed by atoms with van der Waals surface area (Å²) in [7, 11) is 0. The minimum atomic E-state index is -1.03. The van der Waals surface area contributed by atoms with Crippen LogP contribution in [-0.4, -0.2) is 96.5 Å². The molecule has 5 heterocycles. The molecule has 8 rings (SSSR count). The number of nitrogens with one attached hydrogen (secondary N) is 3. The number of hydrogen-bond donors (Lipinski definition) is 4. The zero-order valence-electron chi connectivity index (χ0n) is 42.4. The highest BCUT2D eigenvalue weighted by Crippen LogP contribution is 2.40. The Morgan fingerprint density at radius 2 is 1.66 bits per heavy atom. The van der Waals surface area contributed by atoms with E-state index >= 15 is 4.39 Å². The monoisotopic (exact) mass is 1050 g/mol. The number of thiophene rings is 1. The average Bonchev–Trinajstić information content (AvgIpc) is 4.11. The molecule has 1 unspecified atom stereocenters. The molecule has 6 atom stereocenters. The molecule has 6 aromatic rings. The predicted molar refractivity (Wildman–Crippen MR) is 282 cm³/mol. The van der Waals surface area contributed by atoms with Gasteiger partial charge in [0.15, 0.2) is 5.82 Å². The molecule has 0 bridgehead atoms. The Hall–Kier alpha value is -6.34. The van der Waals surface area contributed by atoms with Crippen LogP contribution in [0, 0.1) is 38.9 Å². The normalized spacial score (nSPS) is 17.7. The van der Waals surface area contributed by atoms with E-state index in [0.717, 1.165) is 54.0 Å². The number of rotatable bonds is 16. The van der Waals surface area contributed by atoms with E-state index in [2.05, 4.69) is 45.0 Å². The van der Waals surface area contributed by atoms with Crippen LogP contribution >= 0.6 is 34.3 Å². The van der Waals surface area contributed by atoms with Crippen LogP contribution in [-0.2, 0) is 25.6 Å². The topological polar surface area (TPSA) is 193 Å². The fraction of sp³-hybridized carbons (Fsp3) is 0.407. The first-order valence-corrected chi connectivity index (χ1v) is 26.4. The van der Waals surface area contributed by atoms with Crippen LogP contribution in [0.2, 0.25) is 5.02 Å². The van der Waals surface area contributed by atoms with Crippen LogP contribution in [0.25, 0.3) is 15.4 Å². The van der Waals surface area contributed by atoms with Crippen LogP contribution in [0.5, 0.6) is 5.75 Å². The van der Waals surface area contributed by atoms with E-state index in [9.17, 15) is 24.3 Å². The number of fused-ring (bicyclic) bond motifs is 3. The van der Waals surface area contributed by atoms with Gasteiger partial charge in [-0.15, -0.1) is 32.9 Å². The maximum absolute atomic E-state index is 15.1. The molecule has 1 fully saturated rings. The number of β-amino-alcohol motifs (C(OH)–C–C–N with tert-alkyl or cyclic N) is 1. The maximum atomic E-state index is 15.1. The lowest BCUT2D eigenvalue weighted by Crippen LogP contribution is -2.57. The van der Waals surface area contributed by atoms with E-state index < -0.39 is 59.3 Å². The van der Waals surface area contributed by atoms with Crippen molar-refractivity contribution in [3.63, 3.8) is 0 Å². The first kappa shape index (κ1) is 53.0. The summed E-state index contributed by atoms with van der Waals surface area (Å²) in [5.41, 5.74) is 8.01. The Balaban J connectivity index is 0.862. The summed E-state index contributed by atoms with van der Waals surface area (Å²) < 4.78 is 23.1. The molecule has 2 aliphatic rings. The quantitative estimate of drug-likeness (QED) is 0.0735. The average molecular weight is 1050 g/mol. The highest BCUT2D eigenvalue weighted by atomic mass is 35.5. The molecule has 4 N–H and O–H groups in total. The third kappa shape index (κ3) is 12.0. The van der Waals surface area contributed by atoms with Crippen molar-refractivity contribution in [2.45, 2.75) is 124 Å². The van der Waals surface area contributed by atoms with E-state index in [4.69, 9.17) is 21.3 Å². The van der Waals surface area contributed by atoms with Crippen LogP contribution in [0.3, 0.4) is 0 Å². The number of halogens is 2. The van der Waals surface area contributed by atoms with Crippen molar-refractivity contribution in [1.82, 2.24) is 40.6 Å². The summed E-state index contributed by atoms with van der Waals surface area (Å²) >= 11 is 9.45. The zero-order valence-corrected chi connectivity index (χ0v) is 44.8. The second kappa shape index (κ2) is 22.0. The minimum absolute atomic E-state index is 0.0250. The van der Waals surface area contributed by atoms with Crippen LogP contribution in [0.15, 0.2) is 77.2 Å². The Morgan fingerprint density at radius 1 is 0.945 bits per heavy atom. The Labute approximate surface area is 437 Å². The number of aliphatic hydroxyl groups excluding tert-OH is 1. The lowest BCUT2D eigenvalue weighted by atomic mass is 9.85. The van der Waals surface area contributed by atoms with Crippen LogP contribution < -0.4 is 20.7 Å². The van der Waals surface area contributed by atoms with Crippen molar-refractivity contribution < 1.29 is 33.4 Å². The molecule has 4 amide bonds. The number of carbonyl (C=O) groups excluding carboxylic acids is 4. The van der Waals surface area contributed by atoms with Gasteiger partial charge in [-0.25, -0.2) is 9.37 Å². The lowest BCUT2D eigenvalue weighted by molar-refractivity contribution is -0.144. The summed E-state index contributed by atoms with van der Waals surface area (Å²) in [5, 5.41) is 30.0. The molecule has 0 radical (unpaired) electrons. The van der Waals surface area contributed by atoms with Crippen LogP contribution in [0.4, 0.5) is 4.39 Å². The number of nitrogens with zero attached hydrogens (tertiary/aromatic N) is 6. The van der Waals surface area contributed by atoms with Gasteiger partial charge in [0.05, 0.1) is 46.9 Å². The summed E-state index contributed by atoms with van der Waals surface area (Å²) in [6, 6.07) is 16.5. The molecule has 1 saturated heterocycles. The van der Waals surface area contributed by atoms with Crippen molar-refractivity contribution in [1.29, 1.82) is 0 Å². The molecule has 0 saturated carbocycles. The fourth-order valence-corrected chi connectivity index (χ4v) is 11.4. The van der Waals surface area contributed by atoms with E-state index in [1.165, 1.54) is 17.0 Å². The van der Waals surface area contributed by atoms with Crippen molar-refractivity contribution in [2.75, 3.05) is 13.1 Å². The third-order valence-electron chi connectivity index (χ3n) is 13.3. The standard InChI is InChI=1S/C54H61ClFN9O6S2/c1-28(25-57-45(68)24-42-50-63-62-33(6)65(50)53-46(29(2)32(5)73-53)47(60-42)36-15-17-38(55)18-16-36)71-41-21-34(20-39(56)22-41)10-19-44(67)61-49(54(7,8)9)52(70)64-26-40(66)23-43(64)51(69)59-30(3)35-11-13-37(14-12-35)48-31(4)58-27-72-48/h11-18,20-22,27-28,30,40,42-43,49,66H,10,19,23-26H2,1-9H3,(H,57,68)(H,59,69)(H,61,67)/t28-,30+,40-,42+,43+,49?/m1/s1. The smallest absolute Gasteiger partial charge is 0.246 e. The van der Waals surface area contributed by atoms with Gasteiger partial charge in [-0.2, -0.15) is 0 Å². The molecular weight excluding hydrogens is 989 g/mol. The van der Waals surface area contributed by atoms with E-state index in [-0.39, 0.29) is 56.5 Å². The van der Waals surface area contributed by atoms with Gasteiger partial charge in [0.1, 0.15) is 46.6 Å². The van der Waals surface area contributed by atoms with E-state index in [0.29, 0.717) is 22.2 Å². The number of hydrogen-bond acceptors (Lipinski definition) is 12. The molecule has 19 heteroatoms. The van der Waals surface area contributed by atoms with Gasteiger partial charge in [-0.05, 0) is 99.9 Å². The molecular formula is C54H61ClFN9O6S2. The van der Waals surface area contributed by atoms with Gasteiger partial charge in [0.2, 0.25) is 23.6 Å². The molecule has 2 aliphatic heterocycles. The maximum Gasteiger partial charge on any atom is 0.246 e. The van der Waals surface area contributed by atoms with Crippen LogP contribution in [0.1, 0.15) is 116 Å². The summed E-state index contributed by atoms with van der Waals surface area (Å²) in [4.78, 5) is 68.4. The van der Waals surface area contributed by atoms with E-state index in [1.807, 2.05) is 94.6 Å². The summed E-state index contributed by atoms with van der Waals surface area (Å²) in [6.45, 7) is 17.1. The zero-order chi connectivity index (χ0) is 52.5. The Morgan fingerprint density at radius 3 is 2.34 bits per heavy atom. The first-order valence-electron chi connectivity index (χ1n) is 24.3. The lowest BCUT2D eigenvalue weighted by Gasteiger charge is -2.35. The number of benzene rings is 3. The summed E-state index contributed by atoms with van der Waals surface area (Å²) in [5.74, 6) is -0.749. The number of aliphatic hydroxyl groups is 1. The van der Waals surface area contributed by atoms with E-state index in [1.54, 1.807) is 41.2 Å². The molecule has 3 aromatic carbocycles. The summed E-state index contributed by atoms with van der Waals surface area (Å²) in [6.07, 6.45) is -1.43. The van der Waals surface area contributed by atoms with Crippen molar-refractivity contribution in [2.24, 2.45) is 10.4 Å². The van der Waals surface area contributed by atoms with Crippen molar-refractivity contribution in [3.05, 3.63) is 133 Å². The van der Waals surface area contributed by atoms with Gasteiger partial charge in [0, 0.05) is 46.5 Å². The molecule has 0 spiro atoms. The van der Waals surface area contributed by atoms with Gasteiger partial charge in [-0.1, -0.05) is 68.8 Å². The van der Waals surface area contributed by atoms with Gasteiger partial charge in [0.25, 0.3) is 0 Å². The van der Waals surface area contributed by atoms with Crippen molar-refractivity contribution >= 4 is 63.6 Å². The molecule has 15 nitrogen and oxygen atoms in total. The fourth-order valence-electron chi connectivity index (χ4n) is 9.25. The second-order valence-corrected chi connectivity index (χ2v) is 22.5. The number of thiazole rings is 1. The SMILES string of the molecule is Cc1ncsc1-c1ccc([C@H](C)NC(=O)[C@@H]2C[C@@H](O)CN2C(=O)C(NC(=O)CCc2cc(F)cc(O[C@H](C)CNC(=O)C[C@@H]3N=C(c4ccc(Cl)cc4)c4c(sc(C)c4C)-n4c(C)nnc43)c2)C(C)(C)C)cc1. The number of amides is 4. The molecule has 73 heavy (non-hydrogen) atoms. The third-order valence-corrected chi connectivity index (χ3v) is 15.7. The highest BCUT2D eigenvalue weighted by molar-refractivity contribution is 7.15. The number of carbonyl (C=O) groups is 4. The predicted octanol–water partition coefficient (Wildman–Crippen LogP) is 8.65. The Kier molecular flexibility index (Phi) is 16.0. The number of aryl methyl sites for hydroxylation is 4. The van der Waals surface area contributed by atoms with Gasteiger partial charge < -0.3 is 30.7 Å². The Bertz CT molecular complexity index is 3060. The number of ether oxygens (including phenoxy) is 1. The van der Waals surface area contributed by atoms with Gasteiger partial charge >= 0.3 is 0 Å². The van der Waals surface area contributed by atoms with Gasteiger partial charge in [-0.3, -0.25) is 28.7 Å². The highest BCUT2D eigenvalue weighted by Gasteiger charge is 2.45. The molecule has 3 aromatic heterocycles. The largest absolute Gasteiger partial charge is 0.489 e. The molecule has 384 valence electrons. The van der Waals surface area contributed by atoms with Crippen molar-refractivity contribution in [3.8, 4) is 21.2 Å². The number of likely N-dealkylation sites (tertiary alicyclic amines) is 1.